The molecule has 2 rings (SSSR count). The number of amides is 1. The Morgan fingerprint density at radius 3 is 2.56 bits per heavy atom. The summed E-state index contributed by atoms with van der Waals surface area (Å²) in [4.78, 5) is 15.9. The number of aromatic nitrogens is 1. The summed E-state index contributed by atoms with van der Waals surface area (Å²) in [6, 6.07) is 3.72. The van der Waals surface area contributed by atoms with Gasteiger partial charge in [-0.2, -0.15) is 0 Å². The maximum atomic E-state index is 12.0. The first kappa shape index (κ1) is 11.0. The van der Waals surface area contributed by atoms with Crippen molar-refractivity contribution in [3.8, 4) is 0 Å². The van der Waals surface area contributed by atoms with Crippen molar-refractivity contribution in [2.75, 3.05) is 13.2 Å². The zero-order valence-electron chi connectivity index (χ0n) is 8.98. The summed E-state index contributed by atoms with van der Waals surface area (Å²) < 4.78 is 5.30. The molecule has 0 unspecified atom stereocenters. The van der Waals surface area contributed by atoms with Crippen LogP contribution in [-0.2, 0) is 14.9 Å². The van der Waals surface area contributed by atoms with Crippen LogP contribution < -0.4 is 11.3 Å². The fraction of sp³-hybridized carbons (Fsp3) is 0.455. The fourth-order valence-electron chi connectivity index (χ4n) is 2.18. The van der Waals surface area contributed by atoms with Crippen LogP contribution in [0, 0.1) is 0 Å². The molecule has 0 saturated carbocycles. The van der Waals surface area contributed by atoms with Gasteiger partial charge in [0.2, 0.25) is 5.91 Å². The fourth-order valence-corrected chi connectivity index (χ4v) is 2.18. The highest BCUT2D eigenvalue weighted by atomic mass is 16.5. The Morgan fingerprint density at radius 1 is 1.38 bits per heavy atom. The molecule has 0 aromatic carbocycles. The number of nitrogens with two attached hydrogens (primary N) is 1. The molecule has 3 N–H and O–H groups in total. The second-order valence-electron chi connectivity index (χ2n) is 3.90. The lowest BCUT2D eigenvalue weighted by Gasteiger charge is -2.35. The number of nitrogens with one attached hydrogen (secondary N) is 1. The van der Waals surface area contributed by atoms with Crippen molar-refractivity contribution in [2.24, 2.45) is 5.84 Å². The van der Waals surface area contributed by atoms with Crippen LogP contribution in [-0.4, -0.2) is 24.1 Å². The van der Waals surface area contributed by atoms with E-state index in [-0.39, 0.29) is 5.91 Å². The molecule has 1 aliphatic rings. The van der Waals surface area contributed by atoms with Crippen LogP contribution >= 0.6 is 0 Å². The largest absolute Gasteiger partial charge is 0.381 e. The summed E-state index contributed by atoms with van der Waals surface area (Å²) in [6.45, 7) is 1.16. The van der Waals surface area contributed by atoms with E-state index in [4.69, 9.17) is 10.6 Å². The normalized spacial score (nSPS) is 19.1. The molecule has 1 aromatic rings. The minimum Gasteiger partial charge on any atom is -0.381 e. The van der Waals surface area contributed by atoms with Gasteiger partial charge >= 0.3 is 0 Å². The number of hydrogen-bond acceptors (Lipinski definition) is 4. The first-order valence-corrected chi connectivity index (χ1v) is 5.29. The number of pyridine rings is 1. The maximum Gasteiger partial charge on any atom is 0.244 e. The van der Waals surface area contributed by atoms with Crippen molar-refractivity contribution < 1.29 is 9.53 Å². The highest BCUT2D eigenvalue weighted by molar-refractivity contribution is 5.87. The third-order valence-corrected chi connectivity index (χ3v) is 3.14. The van der Waals surface area contributed by atoms with Crippen molar-refractivity contribution in [2.45, 2.75) is 18.3 Å². The summed E-state index contributed by atoms with van der Waals surface area (Å²) in [6.07, 6.45) is 4.69. The van der Waals surface area contributed by atoms with E-state index in [1.807, 2.05) is 12.1 Å². The van der Waals surface area contributed by atoms with Gasteiger partial charge in [0.05, 0.1) is 5.41 Å². The molecule has 5 nitrogen and oxygen atoms in total. The molecular weight excluding hydrogens is 206 g/mol. The molecule has 1 saturated heterocycles. The highest BCUT2D eigenvalue weighted by Crippen LogP contribution is 2.34. The molecule has 86 valence electrons. The van der Waals surface area contributed by atoms with E-state index in [0.29, 0.717) is 26.1 Å². The topological polar surface area (TPSA) is 77.2 Å². The first-order chi connectivity index (χ1) is 7.79. The molecule has 1 fully saturated rings. The van der Waals surface area contributed by atoms with Crippen LogP contribution in [0.1, 0.15) is 18.4 Å². The van der Waals surface area contributed by atoms with E-state index in [2.05, 4.69) is 10.4 Å². The molecule has 0 spiro atoms. The number of hydrazine groups is 1. The van der Waals surface area contributed by atoms with E-state index < -0.39 is 5.41 Å². The molecule has 0 radical (unpaired) electrons. The maximum absolute atomic E-state index is 12.0. The van der Waals surface area contributed by atoms with Crippen LogP contribution in [0.2, 0.25) is 0 Å². The zero-order valence-corrected chi connectivity index (χ0v) is 8.98. The van der Waals surface area contributed by atoms with E-state index in [1.54, 1.807) is 12.4 Å². The minimum absolute atomic E-state index is 0.151. The Bertz CT molecular complexity index is 361. The summed E-state index contributed by atoms with van der Waals surface area (Å²) in [5.74, 6) is 5.12. The van der Waals surface area contributed by atoms with Gasteiger partial charge < -0.3 is 4.74 Å². The van der Waals surface area contributed by atoms with E-state index >= 15 is 0 Å². The van der Waals surface area contributed by atoms with Crippen molar-refractivity contribution in [3.05, 3.63) is 30.1 Å². The van der Waals surface area contributed by atoms with Gasteiger partial charge in [-0.25, -0.2) is 5.84 Å². The van der Waals surface area contributed by atoms with Crippen LogP contribution in [0.5, 0.6) is 0 Å². The number of ether oxygens (including phenoxy) is 1. The van der Waals surface area contributed by atoms with E-state index in [9.17, 15) is 4.79 Å². The van der Waals surface area contributed by atoms with Gasteiger partial charge in [-0.15, -0.1) is 0 Å². The lowest BCUT2D eigenvalue weighted by Crippen LogP contribution is -2.50. The van der Waals surface area contributed by atoms with Crippen molar-refractivity contribution in [1.82, 2.24) is 10.4 Å². The summed E-state index contributed by atoms with van der Waals surface area (Å²) in [7, 11) is 0. The van der Waals surface area contributed by atoms with Gasteiger partial charge in [-0.1, -0.05) is 0 Å². The predicted molar refractivity (Wildman–Crippen MR) is 58.3 cm³/mol. The Labute approximate surface area is 94.0 Å². The van der Waals surface area contributed by atoms with Crippen LogP contribution in [0.15, 0.2) is 24.5 Å². The second-order valence-corrected chi connectivity index (χ2v) is 3.90. The van der Waals surface area contributed by atoms with Crippen molar-refractivity contribution >= 4 is 5.91 Å². The minimum atomic E-state index is -0.560. The van der Waals surface area contributed by atoms with Crippen LogP contribution in [0.3, 0.4) is 0 Å². The molecule has 1 aliphatic heterocycles. The van der Waals surface area contributed by atoms with Crippen LogP contribution in [0.25, 0.3) is 0 Å². The SMILES string of the molecule is NNC(=O)C1(c2ccncc2)CCOCC1. The molecule has 1 aromatic heterocycles. The Morgan fingerprint density at radius 2 is 2.00 bits per heavy atom. The van der Waals surface area contributed by atoms with E-state index in [1.165, 1.54) is 0 Å². The molecule has 1 amide bonds. The van der Waals surface area contributed by atoms with Gasteiger partial charge in [0.25, 0.3) is 0 Å². The number of carbonyl (C=O) groups is 1. The quantitative estimate of drug-likeness (QED) is 0.422. The van der Waals surface area contributed by atoms with Gasteiger partial charge in [0.15, 0.2) is 0 Å². The summed E-state index contributed by atoms with van der Waals surface area (Å²) in [5, 5.41) is 0. The molecule has 0 bridgehead atoms. The number of nitrogens with zero attached hydrogens (tertiary/aromatic N) is 1. The number of carbonyl (C=O) groups excluding carboxylic acids is 1. The average molecular weight is 221 g/mol. The standard InChI is InChI=1S/C11H15N3O2/c12-14-10(15)11(3-7-16-8-4-11)9-1-5-13-6-2-9/h1-2,5-6H,3-4,7-8,12H2,(H,14,15). The monoisotopic (exact) mass is 221 g/mol. The van der Waals surface area contributed by atoms with Gasteiger partial charge in [0.1, 0.15) is 0 Å². The zero-order chi connectivity index (χ0) is 11.4. The molecular formula is C11H15N3O2. The molecule has 16 heavy (non-hydrogen) atoms. The van der Waals surface area contributed by atoms with Gasteiger partial charge in [0, 0.05) is 25.6 Å². The lowest BCUT2D eigenvalue weighted by atomic mass is 9.74. The lowest BCUT2D eigenvalue weighted by molar-refractivity contribution is -0.130. The highest BCUT2D eigenvalue weighted by Gasteiger charge is 2.41. The van der Waals surface area contributed by atoms with Gasteiger partial charge in [-0.05, 0) is 30.5 Å². The molecule has 0 aliphatic carbocycles. The number of hydrogen-bond donors (Lipinski definition) is 2. The third kappa shape index (κ3) is 1.79. The van der Waals surface area contributed by atoms with Crippen LogP contribution in [0.4, 0.5) is 0 Å². The first-order valence-electron chi connectivity index (χ1n) is 5.29. The average Bonchev–Trinajstić information content (AvgIpc) is 2.39. The third-order valence-electron chi connectivity index (χ3n) is 3.14. The Balaban J connectivity index is 2.38. The molecule has 2 heterocycles. The Hall–Kier alpha value is -1.46. The van der Waals surface area contributed by atoms with Crippen molar-refractivity contribution in [1.29, 1.82) is 0 Å². The number of rotatable bonds is 2. The summed E-state index contributed by atoms with van der Waals surface area (Å²) >= 11 is 0. The smallest absolute Gasteiger partial charge is 0.244 e. The van der Waals surface area contributed by atoms with Gasteiger partial charge in [-0.3, -0.25) is 15.2 Å². The Kier molecular flexibility index (Phi) is 3.17. The second kappa shape index (κ2) is 4.59. The predicted octanol–water partition coefficient (Wildman–Crippen LogP) is 0.120. The summed E-state index contributed by atoms with van der Waals surface area (Å²) in [5.41, 5.74) is 2.65. The molecule has 5 heteroatoms. The van der Waals surface area contributed by atoms with Crippen molar-refractivity contribution in [3.63, 3.8) is 0 Å². The molecule has 0 atom stereocenters. The van der Waals surface area contributed by atoms with E-state index in [0.717, 1.165) is 5.56 Å².